The summed E-state index contributed by atoms with van der Waals surface area (Å²) in [6.45, 7) is 0. The van der Waals surface area contributed by atoms with E-state index in [2.05, 4.69) is 31.9 Å². The molecule has 0 fully saturated rings. The highest BCUT2D eigenvalue weighted by molar-refractivity contribution is 9.11. The maximum atomic E-state index is 12.3. The third-order valence-electron chi connectivity index (χ3n) is 1.29. The summed E-state index contributed by atoms with van der Waals surface area (Å²) in [6, 6.07) is 2.41. The number of benzene rings is 1. The van der Waals surface area contributed by atoms with Crippen molar-refractivity contribution in [3.05, 3.63) is 31.7 Å². The van der Waals surface area contributed by atoms with Gasteiger partial charge in [0.05, 0.1) is 5.56 Å². The fourth-order valence-corrected chi connectivity index (χ4v) is 2.93. The summed E-state index contributed by atoms with van der Waals surface area (Å²) in [5.41, 5.74) is -0.753. The van der Waals surface area contributed by atoms with Crippen LogP contribution in [0.15, 0.2) is 21.1 Å². The third kappa shape index (κ3) is 2.60. The van der Waals surface area contributed by atoms with Gasteiger partial charge in [-0.25, -0.2) is 0 Å². The van der Waals surface area contributed by atoms with E-state index in [9.17, 15) is 13.2 Å². The highest BCUT2D eigenvalue weighted by atomic mass is 79.9. The van der Waals surface area contributed by atoms with E-state index in [-0.39, 0.29) is 14.0 Å². The first-order valence-corrected chi connectivity index (χ1v) is 5.00. The minimum Gasteiger partial charge on any atom is -0.166 e. The van der Waals surface area contributed by atoms with Crippen molar-refractivity contribution in [1.82, 2.24) is 0 Å². The van der Waals surface area contributed by atoms with Crippen LogP contribution in [0.25, 0.3) is 0 Å². The molecule has 1 aromatic rings. The molecule has 0 unspecified atom stereocenters. The fraction of sp³-hybridized carbons (Fsp3) is 0.143. The van der Waals surface area contributed by atoms with Gasteiger partial charge in [-0.3, -0.25) is 0 Å². The average Bonchev–Trinajstić information content (AvgIpc) is 1.78. The Bertz CT molecular complexity index is 312. The van der Waals surface area contributed by atoms with Crippen LogP contribution in [0, 0.1) is 0 Å². The molecule has 1 rings (SSSR count). The van der Waals surface area contributed by atoms with Crippen molar-refractivity contribution in [3.8, 4) is 0 Å². The normalized spacial score (nSPS) is 11.8. The predicted octanol–water partition coefficient (Wildman–Crippen LogP) is 4.88. The second-order valence-electron chi connectivity index (χ2n) is 2.24. The molecule has 0 bridgehead atoms. The highest BCUT2D eigenvalue weighted by Crippen LogP contribution is 2.41. The van der Waals surface area contributed by atoms with Crippen LogP contribution >= 0.6 is 43.5 Å². The zero-order chi connectivity index (χ0) is 10.2. The van der Waals surface area contributed by atoms with Crippen LogP contribution in [0.5, 0.6) is 0 Å². The Balaban J connectivity index is 3.38. The van der Waals surface area contributed by atoms with Crippen molar-refractivity contribution in [3.63, 3.8) is 0 Å². The van der Waals surface area contributed by atoms with Gasteiger partial charge in [-0.15, -0.1) is 0 Å². The number of hydrogen-bond donors (Lipinski definition) is 0. The van der Waals surface area contributed by atoms with Gasteiger partial charge >= 0.3 is 6.18 Å². The Kier molecular flexibility index (Phi) is 3.30. The molecule has 72 valence electrons. The van der Waals surface area contributed by atoms with Crippen LogP contribution in [0.4, 0.5) is 13.2 Å². The van der Waals surface area contributed by atoms with E-state index in [1.807, 2.05) is 0 Å². The molecule has 0 aliphatic rings. The fourth-order valence-electron chi connectivity index (χ4n) is 0.813. The van der Waals surface area contributed by atoms with Gasteiger partial charge in [0.15, 0.2) is 0 Å². The number of halogens is 6. The van der Waals surface area contributed by atoms with Gasteiger partial charge in [0.25, 0.3) is 0 Å². The van der Waals surface area contributed by atoms with E-state index in [4.69, 9.17) is 11.6 Å². The van der Waals surface area contributed by atoms with Crippen molar-refractivity contribution >= 4 is 43.5 Å². The Hall–Kier alpha value is 0.260. The summed E-state index contributed by atoms with van der Waals surface area (Å²) in [5, 5.41) is 0.242. The third-order valence-corrected chi connectivity index (χ3v) is 2.76. The minimum atomic E-state index is -4.39. The lowest BCUT2D eigenvalue weighted by atomic mass is 10.2. The van der Waals surface area contributed by atoms with E-state index >= 15 is 0 Å². The smallest absolute Gasteiger partial charge is 0.166 e. The predicted molar refractivity (Wildman–Crippen MR) is 51.9 cm³/mol. The van der Waals surface area contributed by atoms with Crippen molar-refractivity contribution < 1.29 is 13.2 Å². The summed E-state index contributed by atoms with van der Waals surface area (Å²) in [7, 11) is 0. The molecule has 0 spiro atoms. The molecule has 0 aromatic heterocycles. The van der Waals surface area contributed by atoms with Gasteiger partial charge in [-0.1, -0.05) is 43.5 Å². The summed E-state index contributed by atoms with van der Waals surface area (Å²) in [4.78, 5) is 0. The van der Waals surface area contributed by atoms with Gasteiger partial charge < -0.3 is 0 Å². The van der Waals surface area contributed by atoms with E-state index in [0.717, 1.165) is 0 Å². The largest absolute Gasteiger partial charge is 0.418 e. The molecule has 0 saturated carbocycles. The van der Waals surface area contributed by atoms with Crippen molar-refractivity contribution in [2.75, 3.05) is 0 Å². The Morgan fingerprint density at radius 1 is 1.08 bits per heavy atom. The SMILES string of the molecule is FC(F)(F)c1c(Br)cc(Cl)cc1Br. The molecule has 0 saturated heterocycles. The lowest BCUT2D eigenvalue weighted by molar-refractivity contribution is -0.138. The first-order valence-electron chi connectivity index (χ1n) is 3.04. The summed E-state index contributed by atoms with van der Waals surface area (Å²) in [6.07, 6.45) is -4.39. The van der Waals surface area contributed by atoms with Gasteiger partial charge in [0.2, 0.25) is 0 Å². The quantitative estimate of drug-likeness (QED) is 0.632. The number of alkyl halides is 3. The maximum Gasteiger partial charge on any atom is 0.418 e. The van der Waals surface area contributed by atoms with Crippen LogP contribution in [-0.2, 0) is 6.18 Å². The van der Waals surface area contributed by atoms with Gasteiger partial charge in [-0.2, -0.15) is 13.2 Å². The Labute approximate surface area is 94.3 Å². The Morgan fingerprint density at radius 3 is 1.77 bits per heavy atom. The molecule has 1 aromatic carbocycles. The standard InChI is InChI=1S/C7H2Br2ClF3/c8-4-1-3(10)2-5(9)6(4)7(11,12)13/h1-2H. The topological polar surface area (TPSA) is 0 Å². The van der Waals surface area contributed by atoms with Gasteiger partial charge in [-0.05, 0) is 12.1 Å². The minimum absolute atomic E-state index is 0.0700. The summed E-state index contributed by atoms with van der Waals surface area (Å²) in [5.74, 6) is 0. The zero-order valence-electron chi connectivity index (χ0n) is 5.92. The van der Waals surface area contributed by atoms with E-state index in [1.165, 1.54) is 12.1 Å². The van der Waals surface area contributed by atoms with Crippen LogP contribution in [0.1, 0.15) is 5.56 Å². The molecule has 0 aliphatic heterocycles. The second-order valence-corrected chi connectivity index (χ2v) is 4.39. The maximum absolute atomic E-state index is 12.3. The molecule has 0 nitrogen and oxygen atoms in total. The zero-order valence-corrected chi connectivity index (χ0v) is 9.85. The highest BCUT2D eigenvalue weighted by Gasteiger charge is 2.35. The summed E-state index contributed by atoms with van der Waals surface area (Å²) < 4.78 is 36.9. The van der Waals surface area contributed by atoms with Crippen LogP contribution in [-0.4, -0.2) is 0 Å². The van der Waals surface area contributed by atoms with Gasteiger partial charge in [0, 0.05) is 14.0 Å². The first kappa shape index (κ1) is 11.3. The number of hydrogen-bond acceptors (Lipinski definition) is 0. The second kappa shape index (κ2) is 3.79. The molecule has 0 N–H and O–H groups in total. The van der Waals surface area contributed by atoms with E-state index < -0.39 is 11.7 Å². The first-order chi connectivity index (χ1) is 5.82. The molecule has 0 aliphatic carbocycles. The lowest BCUT2D eigenvalue weighted by Crippen LogP contribution is -2.07. The molecule has 13 heavy (non-hydrogen) atoms. The van der Waals surface area contributed by atoms with Crippen molar-refractivity contribution in [2.45, 2.75) is 6.18 Å². The molecule has 0 heterocycles. The molecule has 0 atom stereocenters. The van der Waals surface area contributed by atoms with Crippen LogP contribution < -0.4 is 0 Å². The Morgan fingerprint density at radius 2 is 1.46 bits per heavy atom. The molecule has 0 radical (unpaired) electrons. The van der Waals surface area contributed by atoms with Crippen LogP contribution in [0.2, 0.25) is 5.02 Å². The van der Waals surface area contributed by atoms with Crippen molar-refractivity contribution in [1.29, 1.82) is 0 Å². The number of rotatable bonds is 0. The summed E-state index contributed by atoms with van der Waals surface area (Å²) >= 11 is 11.1. The lowest BCUT2D eigenvalue weighted by Gasteiger charge is -2.11. The molecular weight excluding hydrogens is 336 g/mol. The monoisotopic (exact) mass is 336 g/mol. The van der Waals surface area contributed by atoms with Crippen LogP contribution in [0.3, 0.4) is 0 Å². The molecule has 0 amide bonds. The van der Waals surface area contributed by atoms with E-state index in [0.29, 0.717) is 0 Å². The average molecular weight is 338 g/mol. The van der Waals surface area contributed by atoms with Gasteiger partial charge in [0.1, 0.15) is 0 Å². The van der Waals surface area contributed by atoms with E-state index in [1.54, 1.807) is 0 Å². The van der Waals surface area contributed by atoms with Crippen molar-refractivity contribution in [2.24, 2.45) is 0 Å². The molecular formula is C7H2Br2ClF3. The molecule has 6 heteroatoms.